The van der Waals surface area contributed by atoms with Crippen LogP contribution in [0.3, 0.4) is 0 Å². The molecule has 126 valence electrons. The van der Waals surface area contributed by atoms with Crippen molar-refractivity contribution in [3.05, 3.63) is 0 Å². The van der Waals surface area contributed by atoms with Crippen LogP contribution in [0.4, 0.5) is 0 Å². The summed E-state index contributed by atoms with van der Waals surface area (Å²) in [6.07, 6.45) is 1.68. The van der Waals surface area contributed by atoms with Crippen molar-refractivity contribution in [2.45, 2.75) is 26.3 Å². The van der Waals surface area contributed by atoms with Crippen LogP contribution < -0.4 is 15.4 Å². The molecule has 0 saturated carbocycles. The van der Waals surface area contributed by atoms with E-state index >= 15 is 0 Å². The standard InChI is InChI=1S/C11H26N4O4S2/c1-5-21(18,19)14-8-7-13-11(12-3)15-10(2)6-9-20(4,16)17/h10,14H,5-9H2,1-4H3,(H2,12,13,15). The maximum Gasteiger partial charge on any atom is 0.211 e. The first-order valence-corrected chi connectivity index (χ1v) is 10.4. The van der Waals surface area contributed by atoms with Gasteiger partial charge in [0.2, 0.25) is 10.0 Å². The molecule has 0 bridgehead atoms. The first-order valence-electron chi connectivity index (χ1n) is 6.72. The molecular formula is C11H26N4O4S2. The summed E-state index contributed by atoms with van der Waals surface area (Å²) in [7, 11) is -4.58. The second-order valence-electron chi connectivity index (χ2n) is 4.76. The Morgan fingerprint density at radius 3 is 2.29 bits per heavy atom. The van der Waals surface area contributed by atoms with Crippen LogP contribution in [0.1, 0.15) is 20.3 Å². The monoisotopic (exact) mass is 342 g/mol. The van der Waals surface area contributed by atoms with Gasteiger partial charge in [0.15, 0.2) is 5.96 Å². The van der Waals surface area contributed by atoms with Crippen LogP contribution in [0.5, 0.6) is 0 Å². The van der Waals surface area contributed by atoms with Crippen LogP contribution in [0.25, 0.3) is 0 Å². The number of hydrogen-bond donors (Lipinski definition) is 3. The van der Waals surface area contributed by atoms with Gasteiger partial charge in [0.05, 0.1) is 11.5 Å². The lowest BCUT2D eigenvalue weighted by molar-refractivity contribution is 0.578. The number of hydrogen-bond acceptors (Lipinski definition) is 5. The van der Waals surface area contributed by atoms with Crippen molar-refractivity contribution < 1.29 is 16.8 Å². The van der Waals surface area contributed by atoms with E-state index < -0.39 is 19.9 Å². The minimum Gasteiger partial charge on any atom is -0.355 e. The van der Waals surface area contributed by atoms with Crippen LogP contribution in [-0.4, -0.2) is 66.7 Å². The van der Waals surface area contributed by atoms with Gasteiger partial charge in [0.1, 0.15) is 9.84 Å². The predicted molar refractivity (Wildman–Crippen MR) is 85.8 cm³/mol. The second-order valence-corrected chi connectivity index (χ2v) is 9.12. The highest BCUT2D eigenvalue weighted by Gasteiger charge is 2.09. The fourth-order valence-electron chi connectivity index (χ4n) is 1.38. The highest BCUT2D eigenvalue weighted by molar-refractivity contribution is 7.90. The van der Waals surface area contributed by atoms with Crippen molar-refractivity contribution >= 4 is 25.8 Å². The zero-order valence-electron chi connectivity index (χ0n) is 13.0. The Balaban J connectivity index is 4.07. The fraction of sp³-hybridized carbons (Fsp3) is 0.909. The summed E-state index contributed by atoms with van der Waals surface area (Å²) in [5.41, 5.74) is 0. The summed E-state index contributed by atoms with van der Waals surface area (Å²) in [5.74, 6) is 0.656. The van der Waals surface area contributed by atoms with Gasteiger partial charge in [-0.3, -0.25) is 4.99 Å². The second kappa shape index (κ2) is 9.21. The Bertz CT molecular complexity index is 528. The highest BCUT2D eigenvalue weighted by atomic mass is 32.2. The molecule has 0 spiro atoms. The van der Waals surface area contributed by atoms with Crippen molar-refractivity contribution in [2.75, 3.05) is 37.9 Å². The van der Waals surface area contributed by atoms with Gasteiger partial charge in [-0.1, -0.05) is 0 Å². The molecule has 0 rings (SSSR count). The van der Waals surface area contributed by atoms with E-state index in [9.17, 15) is 16.8 Å². The third kappa shape index (κ3) is 11.5. The van der Waals surface area contributed by atoms with E-state index in [4.69, 9.17) is 0 Å². The van der Waals surface area contributed by atoms with Crippen LogP contribution in [0.2, 0.25) is 0 Å². The van der Waals surface area contributed by atoms with E-state index in [-0.39, 0.29) is 24.1 Å². The summed E-state index contributed by atoms with van der Waals surface area (Å²) in [4.78, 5) is 3.99. The van der Waals surface area contributed by atoms with Gasteiger partial charge in [0, 0.05) is 32.4 Å². The van der Waals surface area contributed by atoms with Gasteiger partial charge >= 0.3 is 0 Å². The lowest BCUT2D eigenvalue weighted by atomic mass is 10.3. The number of rotatable bonds is 9. The predicted octanol–water partition coefficient (Wildman–Crippen LogP) is -1.09. The van der Waals surface area contributed by atoms with E-state index in [0.717, 1.165) is 0 Å². The van der Waals surface area contributed by atoms with Crippen molar-refractivity contribution in [1.82, 2.24) is 15.4 Å². The molecule has 0 saturated heterocycles. The minimum atomic E-state index is -3.19. The molecule has 3 N–H and O–H groups in total. The smallest absolute Gasteiger partial charge is 0.211 e. The maximum atomic E-state index is 11.2. The molecule has 0 aliphatic carbocycles. The van der Waals surface area contributed by atoms with Crippen molar-refractivity contribution in [2.24, 2.45) is 4.99 Å². The van der Waals surface area contributed by atoms with Gasteiger partial charge in [-0.25, -0.2) is 21.6 Å². The molecule has 1 atom stereocenters. The Hall–Kier alpha value is -0.870. The third-order valence-electron chi connectivity index (χ3n) is 2.65. The Morgan fingerprint density at radius 1 is 1.19 bits per heavy atom. The van der Waals surface area contributed by atoms with Crippen LogP contribution in [-0.2, 0) is 19.9 Å². The number of nitrogens with zero attached hydrogens (tertiary/aromatic N) is 1. The molecule has 0 aromatic carbocycles. The zero-order valence-corrected chi connectivity index (χ0v) is 14.6. The molecule has 0 aliphatic rings. The first kappa shape index (κ1) is 20.1. The molecule has 8 nitrogen and oxygen atoms in total. The number of aliphatic imine (C=N–C) groups is 1. The lowest BCUT2D eigenvalue weighted by Gasteiger charge is -2.17. The molecule has 21 heavy (non-hydrogen) atoms. The molecule has 0 aromatic heterocycles. The van der Waals surface area contributed by atoms with Gasteiger partial charge in [-0.2, -0.15) is 0 Å². The molecular weight excluding hydrogens is 316 g/mol. The average molecular weight is 342 g/mol. The quantitative estimate of drug-likeness (QED) is 0.279. The zero-order chi connectivity index (χ0) is 16.5. The Morgan fingerprint density at radius 2 is 1.81 bits per heavy atom. The average Bonchev–Trinajstić information content (AvgIpc) is 2.39. The lowest BCUT2D eigenvalue weighted by Crippen LogP contribution is -2.45. The van der Waals surface area contributed by atoms with E-state index in [1.165, 1.54) is 6.26 Å². The molecule has 0 heterocycles. The van der Waals surface area contributed by atoms with Crippen LogP contribution in [0.15, 0.2) is 4.99 Å². The van der Waals surface area contributed by atoms with Crippen LogP contribution >= 0.6 is 0 Å². The Labute approximate surface area is 127 Å². The summed E-state index contributed by atoms with van der Waals surface area (Å²) in [6, 6.07) is -0.0572. The maximum absolute atomic E-state index is 11.2. The number of sulfone groups is 1. The third-order valence-corrected chi connectivity index (χ3v) is 5.03. The van der Waals surface area contributed by atoms with Crippen molar-refractivity contribution in [3.8, 4) is 0 Å². The van der Waals surface area contributed by atoms with E-state index in [0.29, 0.717) is 18.9 Å². The first-order chi connectivity index (χ1) is 9.59. The summed E-state index contributed by atoms with van der Waals surface area (Å²) in [6.45, 7) is 4.07. The highest BCUT2D eigenvalue weighted by Crippen LogP contribution is 1.95. The van der Waals surface area contributed by atoms with Gasteiger partial charge in [0.25, 0.3) is 0 Å². The molecule has 0 amide bonds. The summed E-state index contributed by atoms with van der Waals surface area (Å²) in [5, 5.41) is 6.00. The molecule has 0 radical (unpaired) electrons. The van der Waals surface area contributed by atoms with E-state index in [1.807, 2.05) is 6.92 Å². The molecule has 1 unspecified atom stereocenters. The normalized spacial score (nSPS) is 14.8. The Kier molecular flexibility index (Phi) is 8.83. The van der Waals surface area contributed by atoms with Crippen molar-refractivity contribution in [3.63, 3.8) is 0 Å². The van der Waals surface area contributed by atoms with Gasteiger partial charge in [-0.15, -0.1) is 0 Å². The number of guanidine groups is 1. The van der Waals surface area contributed by atoms with Crippen molar-refractivity contribution in [1.29, 1.82) is 0 Å². The summed E-state index contributed by atoms with van der Waals surface area (Å²) < 4.78 is 47.1. The molecule has 10 heteroatoms. The van der Waals surface area contributed by atoms with Crippen LogP contribution in [0, 0.1) is 0 Å². The van der Waals surface area contributed by atoms with E-state index in [1.54, 1.807) is 14.0 Å². The van der Waals surface area contributed by atoms with Gasteiger partial charge < -0.3 is 10.6 Å². The fourth-order valence-corrected chi connectivity index (χ4v) is 2.78. The largest absolute Gasteiger partial charge is 0.355 e. The minimum absolute atomic E-state index is 0.0441. The number of sulfonamides is 1. The molecule has 0 fully saturated rings. The topological polar surface area (TPSA) is 117 Å². The summed E-state index contributed by atoms with van der Waals surface area (Å²) >= 11 is 0. The number of nitrogens with one attached hydrogen (secondary N) is 3. The molecule has 0 aliphatic heterocycles. The van der Waals surface area contributed by atoms with Gasteiger partial charge in [-0.05, 0) is 20.3 Å². The molecule has 0 aromatic rings. The SMILES string of the molecule is CCS(=O)(=O)NCCNC(=NC)NC(C)CCS(C)(=O)=O. The van der Waals surface area contributed by atoms with E-state index in [2.05, 4.69) is 20.3 Å².